The predicted molar refractivity (Wildman–Crippen MR) is 103 cm³/mol. The summed E-state index contributed by atoms with van der Waals surface area (Å²) in [5.41, 5.74) is -10.3. The largest absolute Gasteiger partial charge is 0.431 e. The van der Waals surface area contributed by atoms with E-state index in [1.807, 2.05) is 0 Å². The van der Waals surface area contributed by atoms with Gasteiger partial charge in [0.15, 0.2) is 11.9 Å². The van der Waals surface area contributed by atoms with Crippen LogP contribution in [-0.4, -0.2) is 28.3 Å². The second-order valence-corrected chi connectivity index (χ2v) is 8.03. The number of hydrogen-bond acceptors (Lipinski definition) is 4. The number of aliphatic hydroxyl groups excluding tert-OH is 2. The molecule has 37 heavy (non-hydrogen) atoms. The molecule has 3 rings (SSSR count). The van der Waals surface area contributed by atoms with Crippen molar-refractivity contribution >= 4 is 11.4 Å². The quantitative estimate of drug-likeness (QED) is 0.429. The summed E-state index contributed by atoms with van der Waals surface area (Å²) in [5, 5.41) is 23.8. The van der Waals surface area contributed by atoms with Crippen molar-refractivity contribution in [3.8, 4) is 0 Å². The zero-order chi connectivity index (χ0) is 28.3. The summed E-state index contributed by atoms with van der Waals surface area (Å²) in [6.07, 6.45) is -27.4. The van der Waals surface area contributed by atoms with Crippen molar-refractivity contribution in [3.05, 3.63) is 64.2 Å². The van der Waals surface area contributed by atoms with Gasteiger partial charge in [0.05, 0.1) is 34.4 Å². The molecule has 0 aliphatic carbocycles. The van der Waals surface area contributed by atoms with Gasteiger partial charge in [-0.2, -0.15) is 57.8 Å². The number of aryl methyl sites for hydroxylation is 1. The molecule has 4 nitrogen and oxygen atoms in total. The average molecular weight is 554 g/mol. The Kier molecular flexibility index (Phi) is 7.01. The minimum absolute atomic E-state index is 0.0148. The van der Waals surface area contributed by atoms with Crippen LogP contribution in [0.25, 0.3) is 0 Å². The number of benzene rings is 2. The number of hydrogen-bond donors (Lipinski definition) is 2. The van der Waals surface area contributed by atoms with Crippen molar-refractivity contribution in [2.45, 2.75) is 44.0 Å². The van der Waals surface area contributed by atoms with E-state index in [2.05, 4.69) is 5.10 Å². The Morgan fingerprint density at radius 3 is 1.81 bits per heavy atom. The van der Waals surface area contributed by atoms with E-state index in [4.69, 9.17) is 0 Å². The van der Waals surface area contributed by atoms with Crippen LogP contribution in [0.15, 0.2) is 41.5 Å². The first-order chi connectivity index (χ1) is 16.6. The van der Waals surface area contributed by atoms with Crippen molar-refractivity contribution < 1.29 is 62.9 Å². The van der Waals surface area contributed by atoms with Gasteiger partial charge in [-0.05, 0) is 36.8 Å². The van der Waals surface area contributed by atoms with Crippen LogP contribution < -0.4 is 5.01 Å². The number of nitrogens with zero attached hydrogens (tertiary/aromatic N) is 2. The summed E-state index contributed by atoms with van der Waals surface area (Å²) >= 11 is 0. The highest BCUT2D eigenvalue weighted by Crippen LogP contribution is 2.47. The van der Waals surface area contributed by atoms with E-state index in [1.54, 1.807) is 0 Å². The molecule has 0 amide bonds. The van der Waals surface area contributed by atoms with Gasteiger partial charge in [-0.25, -0.2) is 5.01 Å². The Labute approximate surface area is 199 Å². The fourth-order valence-corrected chi connectivity index (χ4v) is 3.80. The molecule has 0 bridgehead atoms. The van der Waals surface area contributed by atoms with Gasteiger partial charge in [0.2, 0.25) is 0 Å². The summed E-state index contributed by atoms with van der Waals surface area (Å²) in [6.45, 7) is 1.22. The van der Waals surface area contributed by atoms with E-state index in [0.717, 1.165) is 6.07 Å². The van der Waals surface area contributed by atoms with Crippen LogP contribution >= 0.6 is 0 Å². The van der Waals surface area contributed by atoms with Crippen LogP contribution in [-0.2, 0) is 18.5 Å². The Balaban J connectivity index is 2.18. The molecule has 1 heterocycles. The molecule has 0 fully saturated rings. The van der Waals surface area contributed by atoms with Gasteiger partial charge in [-0.3, -0.25) is 0 Å². The molecule has 0 aromatic heterocycles. The van der Waals surface area contributed by atoms with E-state index in [0.29, 0.717) is 12.1 Å². The topological polar surface area (TPSA) is 56.1 Å². The lowest BCUT2D eigenvalue weighted by Crippen LogP contribution is -2.41. The molecule has 2 aromatic carbocycles. The van der Waals surface area contributed by atoms with Crippen LogP contribution in [0.3, 0.4) is 0 Å². The third kappa shape index (κ3) is 5.63. The molecule has 0 radical (unpaired) electrons. The zero-order valence-electron chi connectivity index (χ0n) is 18.0. The lowest BCUT2D eigenvalue weighted by atomic mass is 9.86. The van der Waals surface area contributed by atoms with Crippen molar-refractivity contribution in [1.29, 1.82) is 0 Å². The molecule has 2 N–H and O–H groups in total. The molecule has 16 heteroatoms. The van der Waals surface area contributed by atoms with Gasteiger partial charge in [0.1, 0.15) is 0 Å². The molecule has 0 spiro atoms. The van der Waals surface area contributed by atoms with Crippen molar-refractivity contribution in [1.82, 2.24) is 0 Å². The number of aliphatic hydroxyl groups is 2. The SMILES string of the molecule is Cc1ccc(N2N=C(C(F)(F)F)C(C(O)c3ccc(C(F)(F)F)cc3C(F)(F)F)C2O)c(C(F)(F)F)c1. The van der Waals surface area contributed by atoms with Gasteiger partial charge in [0.25, 0.3) is 0 Å². The number of alkyl halides is 12. The van der Waals surface area contributed by atoms with Gasteiger partial charge in [0, 0.05) is 0 Å². The highest BCUT2D eigenvalue weighted by Gasteiger charge is 2.55. The minimum Gasteiger partial charge on any atom is -0.388 e. The maximum absolute atomic E-state index is 13.7. The smallest absolute Gasteiger partial charge is 0.388 e. The molecule has 0 saturated carbocycles. The summed E-state index contributed by atoms with van der Waals surface area (Å²) in [7, 11) is 0. The summed E-state index contributed by atoms with van der Waals surface area (Å²) in [6, 6.07) is 1.91. The molecular formula is C21H14F12N2O2. The molecule has 1 aliphatic rings. The Morgan fingerprint density at radius 2 is 1.32 bits per heavy atom. The van der Waals surface area contributed by atoms with Gasteiger partial charge >= 0.3 is 24.7 Å². The molecule has 3 unspecified atom stereocenters. The second kappa shape index (κ2) is 9.08. The Hall–Kier alpha value is -3.01. The summed E-state index contributed by atoms with van der Waals surface area (Å²) in [4.78, 5) is 0. The van der Waals surface area contributed by atoms with Gasteiger partial charge in [-0.15, -0.1) is 0 Å². The van der Waals surface area contributed by atoms with Crippen LogP contribution in [0.1, 0.15) is 33.9 Å². The van der Waals surface area contributed by atoms with E-state index in [-0.39, 0.29) is 22.7 Å². The maximum atomic E-state index is 13.7. The molecule has 0 saturated heterocycles. The monoisotopic (exact) mass is 554 g/mol. The lowest BCUT2D eigenvalue weighted by Gasteiger charge is -2.29. The average Bonchev–Trinajstić information content (AvgIpc) is 3.08. The normalized spacial score (nSPS) is 20.3. The molecular weight excluding hydrogens is 540 g/mol. The lowest BCUT2D eigenvalue weighted by molar-refractivity contribution is -0.144. The number of anilines is 1. The van der Waals surface area contributed by atoms with Crippen LogP contribution in [0.2, 0.25) is 0 Å². The van der Waals surface area contributed by atoms with Crippen LogP contribution in [0, 0.1) is 12.8 Å². The number of rotatable bonds is 3. The molecule has 3 atom stereocenters. The standard InChI is InChI=1S/C21H14F12N2O2/c1-8-2-5-13(12(6-8)20(28,29)30)35-17(37)14(16(34-35)21(31,32)33)15(36)10-4-3-9(18(22,23)24)7-11(10)19(25,26)27/h2-7,14-15,17,36-37H,1H3. The number of hydrazone groups is 1. The summed E-state index contributed by atoms with van der Waals surface area (Å²) < 4.78 is 161. The van der Waals surface area contributed by atoms with Crippen LogP contribution in [0.5, 0.6) is 0 Å². The number of halogens is 12. The fourth-order valence-electron chi connectivity index (χ4n) is 3.80. The predicted octanol–water partition coefficient (Wildman–Crippen LogP) is 6.46. The van der Waals surface area contributed by atoms with Gasteiger partial charge in [-0.1, -0.05) is 17.7 Å². The first-order valence-electron chi connectivity index (χ1n) is 9.91. The third-order valence-electron chi connectivity index (χ3n) is 5.44. The first kappa shape index (κ1) is 28.6. The van der Waals surface area contributed by atoms with Gasteiger partial charge < -0.3 is 10.2 Å². The highest BCUT2D eigenvalue weighted by atomic mass is 19.4. The van der Waals surface area contributed by atoms with Crippen LogP contribution in [0.4, 0.5) is 58.4 Å². The molecule has 204 valence electrons. The first-order valence-corrected chi connectivity index (χ1v) is 9.91. The Morgan fingerprint density at radius 1 is 0.757 bits per heavy atom. The van der Waals surface area contributed by atoms with Crippen molar-refractivity contribution in [2.24, 2.45) is 11.0 Å². The Bertz CT molecular complexity index is 1200. The zero-order valence-corrected chi connectivity index (χ0v) is 18.0. The second-order valence-electron chi connectivity index (χ2n) is 8.03. The third-order valence-corrected chi connectivity index (χ3v) is 5.44. The molecule has 1 aliphatic heterocycles. The fraction of sp³-hybridized carbons (Fsp3) is 0.381. The van der Waals surface area contributed by atoms with Crippen molar-refractivity contribution in [3.63, 3.8) is 0 Å². The maximum Gasteiger partial charge on any atom is 0.431 e. The van der Waals surface area contributed by atoms with E-state index in [1.165, 1.54) is 6.92 Å². The minimum atomic E-state index is -5.60. The van der Waals surface area contributed by atoms with E-state index in [9.17, 15) is 62.9 Å². The van der Waals surface area contributed by atoms with Crippen molar-refractivity contribution in [2.75, 3.05) is 5.01 Å². The molecule has 2 aromatic rings. The highest BCUT2D eigenvalue weighted by molar-refractivity contribution is 5.96. The summed E-state index contributed by atoms with van der Waals surface area (Å²) in [5.74, 6) is -2.83. The van der Waals surface area contributed by atoms with E-state index >= 15 is 0 Å². The van der Waals surface area contributed by atoms with E-state index < -0.39 is 82.7 Å².